The number of rotatable bonds is 6. The highest BCUT2D eigenvalue weighted by molar-refractivity contribution is 5.81. The number of morpholine rings is 1. The zero-order valence-corrected chi connectivity index (χ0v) is 17.8. The minimum absolute atomic E-state index is 0.102. The van der Waals surface area contributed by atoms with Crippen LogP contribution in [-0.4, -0.2) is 74.3 Å². The van der Waals surface area contributed by atoms with Gasteiger partial charge >= 0.3 is 0 Å². The van der Waals surface area contributed by atoms with Gasteiger partial charge in [-0.3, -0.25) is 14.7 Å². The van der Waals surface area contributed by atoms with Gasteiger partial charge in [-0.2, -0.15) is 0 Å². The molecule has 0 bridgehead atoms. The van der Waals surface area contributed by atoms with Crippen molar-refractivity contribution in [3.63, 3.8) is 0 Å². The van der Waals surface area contributed by atoms with Crippen molar-refractivity contribution in [1.82, 2.24) is 20.9 Å². The van der Waals surface area contributed by atoms with Crippen LogP contribution in [0.4, 0.5) is 0 Å². The van der Waals surface area contributed by atoms with Crippen LogP contribution in [0.15, 0.2) is 4.99 Å². The molecule has 2 rings (SSSR count). The Morgan fingerprint density at radius 1 is 1.30 bits per heavy atom. The predicted octanol–water partition coefficient (Wildman–Crippen LogP) is 1.34. The van der Waals surface area contributed by atoms with Crippen LogP contribution in [0.2, 0.25) is 0 Å². The van der Waals surface area contributed by atoms with E-state index in [1.165, 1.54) is 0 Å². The third-order valence-corrected chi connectivity index (χ3v) is 5.59. The largest absolute Gasteiger partial charge is 0.379 e. The summed E-state index contributed by atoms with van der Waals surface area (Å²) in [7, 11) is 1.81. The lowest BCUT2D eigenvalue weighted by atomic mass is 9.85. The fourth-order valence-electron chi connectivity index (χ4n) is 4.11. The van der Waals surface area contributed by atoms with Crippen LogP contribution < -0.4 is 16.0 Å². The van der Waals surface area contributed by atoms with Crippen LogP contribution in [0.5, 0.6) is 0 Å². The summed E-state index contributed by atoms with van der Waals surface area (Å²) in [6, 6.07) is 1.36. The summed E-state index contributed by atoms with van der Waals surface area (Å²) < 4.78 is 5.53. The van der Waals surface area contributed by atoms with E-state index in [-0.39, 0.29) is 17.9 Å². The van der Waals surface area contributed by atoms with Crippen molar-refractivity contribution in [3.05, 3.63) is 0 Å². The summed E-state index contributed by atoms with van der Waals surface area (Å²) in [6.45, 7) is 11.9. The van der Waals surface area contributed by atoms with Crippen molar-refractivity contribution in [2.75, 3.05) is 33.4 Å². The van der Waals surface area contributed by atoms with Crippen molar-refractivity contribution < 1.29 is 9.53 Å². The summed E-state index contributed by atoms with van der Waals surface area (Å²) >= 11 is 0. The summed E-state index contributed by atoms with van der Waals surface area (Å²) in [6.07, 6.45) is 4.01. The second kappa shape index (κ2) is 10.9. The van der Waals surface area contributed by atoms with E-state index in [0.29, 0.717) is 18.1 Å². The average Bonchev–Trinajstić information content (AvgIpc) is 2.65. The number of aliphatic imine (C=N–C) groups is 1. The van der Waals surface area contributed by atoms with Gasteiger partial charge < -0.3 is 20.7 Å². The molecule has 0 spiro atoms. The normalized spacial score (nSPS) is 28.7. The molecule has 27 heavy (non-hydrogen) atoms. The SMILES string of the molecule is CN=C(NCC(C)N1CCOCC1C)NC1CCCC(C(=O)NC(C)C)C1. The van der Waals surface area contributed by atoms with E-state index in [1.807, 2.05) is 20.9 Å². The number of nitrogens with zero attached hydrogens (tertiary/aromatic N) is 2. The van der Waals surface area contributed by atoms with Crippen LogP contribution in [0.25, 0.3) is 0 Å². The number of amides is 1. The van der Waals surface area contributed by atoms with Crippen molar-refractivity contribution >= 4 is 11.9 Å². The van der Waals surface area contributed by atoms with Gasteiger partial charge in [-0.15, -0.1) is 0 Å². The van der Waals surface area contributed by atoms with E-state index in [1.54, 1.807) is 0 Å². The Labute approximate surface area is 164 Å². The molecule has 0 aromatic rings. The fourth-order valence-corrected chi connectivity index (χ4v) is 4.11. The third-order valence-electron chi connectivity index (χ3n) is 5.59. The molecule has 0 aromatic carbocycles. The first-order valence-electron chi connectivity index (χ1n) is 10.5. The number of nitrogens with one attached hydrogen (secondary N) is 3. The minimum atomic E-state index is 0.102. The molecule has 2 fully saturated rings. The first-order valence-corrected chi connectivity index (χ1v) is 10.5. The Bertz CT molecular complexity index is 497. The van der Waals surface area contributed by atoms with Crippen LogP contribution in [0, 0.1) is 5.92 Å². The highest BCUT2D eigenvalue weighted by Gasteiger charge is 2.28. The number of hydrogen-bond acceptors (Lipinski definition) is 4. The lowest BCUT2D eigenvalue weighted by molar-refractivity contribution is -0.126. The Balaban J connectivity index is 1.79. The number of guanidine groups is 1. The number of carbonyl (C=O) groups is 1. The monoisotopic (exact) mass is 381 g/mol. The summed E-state index contributed by atoms with van der Waals surface area (Å²) in [5, 5.41) is 10.0. The van der Waals surface area contributed by atoms with Crippen molar-refractivity contribution in [1.29, 1.82) is 0 Å². The van der Waals surface area contributed by atoms with Gasteiger partial charge in [0.25, 0.3) is 0 Å². The van der Waals surface area contributed by atoms with Gasteiger partial charge in [-0.05, 0) is 47.0 Å². The van der Waals surface area contributed by atoms with Crippen LogP contribution in [-0.2, 0) is 9.53 Å². The van der Waals surface area contributed by atoms with Gasteiger partial charge in [0.15, 0.2) is 5.96 Å². The second-order valence-corrected chi connectivity index (χ2v) is 8.33. The van der Waals surface area contributed by atoms with E-state index < -0.39 is 0 Å². The van der Waals surface area contributed by atoms with Gasteiger partial charge in [-0.25, -0.2) is 0 Å². The molecule has 0 radical (unpaired) electrons. The summed E-state index contributed by atoms with van der Waals surface area (Å²) in [5.41, 5.74) is 0. The lowest BCUT2D eigenvalue weighted by Gasteiger charge is -2.38. The molecular weight excluding hydrogens is 342 g/mol. The zero-order valence-electron chi connectivity index (χ0n) is 17.8. The summed E-state index contributed by atoms with van der Waals surface area (Å²) in [4.78, 5) is 19.2. The zero-order chi connectivity index (χ0) is 19.8. The maximum Gasteiger partial charge on any atom is 0.223 e. The molecule has 3 N–H and O–H groups in total. The lowest BCUT2D eigenvalue weighted by Crippen LogP contribution is -2.54. The minimum Gasteiger partial charge on any atom is -0.379 e. The Hall–Kier alpha value is -1.34. The molecule has 1 heterocycles. The second-order valence-electron chi connectivity index (χ2n) is 8.33. The van der Waals surface area contributed by atoms with Gasteiger partial charge in [0.1, 0.15) is 0 Å². The van der Waals surface area contributed by atoms with Gasteiger partial charge in [0, 0.05) is 50.2 Å². The van der Waals surface area contributed by atoms with E-state index in [2.05, 4.69) is 39.7 Å². The molecule has 1 saturated heterocycles. The predicted molar refractivity (Wildman–Crippen MR) is 110 cm³/mol. The van der Waals surface area contributed by atoms with E-state index in [0.717, 1.165) is 57.9 Å². The number of ether oxygens (including phenoxy) is 1. The van der Waals surface area contributed by atoms with Gasteiger partial charge in [0.05, 0.1) is 13.2 Å². The van der Waals surface area contributed by atoms with Gasteiger partial charge in [-0.1, -0.05) is 6.42 Å². The quantitative estimate of drug-likeness (QED) is 0.478. The average molecular weight is 382 g/mol. The molecular formula is C20H39N5O2. The van der Waals surface area contributed by atoms with Crippen molar-refractivity contribution in [2.24, 2.45) is 10.9 Å². The number of carbonyl (C=O) groups excluding carboxylic acids is 1. The maximum absolute atomic E-state index is 12.3. The molecule has 7 heteroatoms. The Kier molecular flexibility index (Phi) is 8.83. The topological polar surface area (TPSA) is 78.0 Å². The van der Waals surface area contributed by atoms with Crippen molar-refractivity contribution in [2.45, 2.75) is 77.5 Å². The molecule has 2 aliphatic rings. The standard InChI is InChI=1S/C20H39N5O2/c1-14(2)23-19(26)17-7-6-8-18(11-17)24-20(21-5)22-12-15(3)25-9-10-27-13-16(25)4/h14-18H,6-13H2,1-5H3,(H,23,26)(H2,21,22,24). The van der Waals surface area contributed by atoms with E-state index in [4.69, 9.17) is 4.74 Å². The highest BCUT2D eigenvalue weighted by atomic mass is 16.5. The van der Waals surface area contributed by atoms with Crippen LogP contribution in [0.3, 0.4) is 0 Å². The van der Waals surface area contributed by atoms with E-state index >= 15 is 0 Å². The third kappa shape index (κ3) is 6.96. The number of hydrogen-bond donors (Lipinski definition) is 3. The molecule has 156 valence electrons. The summed E-state index contributed by atoms with van der Waals surface area (Å²) in [5.74, 6) is 1.12. The van der Waals surface area contributed by atoms with Crippen LogP contribution in [0.1, 0.15) is 53.4 Å². The van der Waals surface area contributed by atoms with E-state index in [9.17, 15) is 4.79 Å². The molecule has 7 nitrogen and oxygen atoms in total. The molecule has 1 aliphatic carbocycles. The van der Waals surface area contributed by atoms with Gasteiger partial charge in [0.2, 0.25) is 5.91 Å². The molecule has 4 unspecified atom stereocenters. The molecule has 1 amide bonds. The molecule has 1 saturated carbocycles. The molecule has 0 aromatic heterocycles. The highest BCUT2D eigenvalue weighted by Crippen LogP contribution is 2.24. The Morgan fingerprint density at radius 2 is 2.07 bits per heavy atom. The van der Waals surface area contributed by atoms with Crippen molar-refractivity contribution in [3.8, 4) is 0 Å². The fraction of sp³-hybridized carbons (Fsp3) is 0.900. The first kappa shape index (κ1) is 22.0. The smallest absolute Gasteiger partial charge is 0.223 e. The van der Waals surface area contributed by atoms with Crippen LogP contribution >= 0.6 is 0 Å². The molecule has 4 atom stereocenters. The maximum atomic E-state index is 12.3. The molecule has 1 aliphatic heterocycles. The Morgan fingerprint density at radius 3 is 2.74 bits per heavy atom. The first-order chi connectivity index (χ1) is 12.9.